The number of hydroxylamine groups is 2. The second kappa shape index (κ2) is 5.44. The van der Waals surface area contributed by atoms with Gasteiger partial charge >= 0.3 is 5.97 Å². The Balaban J connectivity index is 1.68. The smallest absolute Gasteiger partial charge is 0.334 e. The van der Waals surface area contributed by atoms with Crippen molar-refractivity contribution in [2.75, 3.05) is 0 Å². The Hall–Kier alpha value is -2.96. The highest BCUT2D eigenvalue weighted by Crippen LogP contribution is 2.23. The largest absolute Gasteiger partial charge is 0.335 e. The molecule has 3 rings (SSSR count). The molecule has 0 radical (unpaired) electrons. The molecule has 0 aliphatic carbocycles. The van der Waals surface area contributed by atoms with E-state index in [-0.39, 0.29) is 23.6 Å². The Morgan fingerprint density at radius 1 is 1.23 bits per heavy atom. The summed E-state index contributed by atoms with van der Waals surface area (Å²) in [6.45, 7) is 1.81. The standard InChI is InChI=1S/C15H13N3O4/c1-10(17-7-6-16-9-17)8-13(19)22-18-14(20)11-4-2-3-5-12(11)15(18)21/h2-7,9-10H,8H2,1H3. The Morgan fingerprint density at radius 3 is 2.41 bits per heavy atom. The zero-order valence-electron chi connectivity index (χ0n) is 11.8. The molecular formula is C15H13N3O4. The zero-order chi connectivity index (χ0) is 15.7. The predicted octanol–water partition coefficient (Wildman–Crippen LogP) is 1.59. The summed E-state index contributed by atoms with van der Waals surface area (Å²) >= 11 is 0. The highest BCUT2D eigenvalue weighted by Gasteiger charge is 2.38. The highest BCUT2D eigenvalue weighted by atomic mass is 16.7. The first-order valence-electron chi connectivity index (χ1n) is 6.74. The molecule has 1 aliphatic heterocycles. The van der Waals surface area contributed by atoms with Crippen molar-refractivity contribution >= 4 is 17.8 Å². The van der Waals surface area contributed by atoms with Gasteiger partial charge in [0.2, 0.25) is 0 Å². The Kier molecular flexibility index (Phi) is 3.46. The Morgan fingerprint density at radius 2 is 1.86 bits per heavy atom. The molecule has 1 aromatic heterocycles. The normalized spacial score (nSPS) is 14.9. The number of fused-ring (bicyclic) bond motifs is 1. The van der Waals surface area contributed by atoms with Crippen LogP contribution in [-0.4, -0.2) is 32.4 Å². The fourth-order valence-electron chi connectivity index (χ4n) is 2.27. The fourth-order valence-corrected chi connectivity index (χ4v) is 2.27. The number of imide groups is 1. The maximum Gasteiger partial charge on any atom is 0.335 e. The van der Waals surface area contributed by atoms with E-state index in [1.807, 2.05) is 6.92 Å². The van der Waals surface area contributed by atoms with Crippen molar-refractivity contribution in [3.8, 4) is 0 Å². The van der Waals surface area contributed by atoms with E-state index < -0.39 is 17.8 Å². The number of carbonyl (C=O) groups is 3. The van der Waals surface area contributed by atoms with Crippen LogP contribution in [0.25, 0.3) is 0 Å². The summed E-state index contributed by atoms with van der Waals surface area (Å²) in [4.78, 5) is 44.9. The summed E-state index contributed by atoms with van der Waals surface area (Å²) in [5.74, 6) is -1.90. The van der Waals surface area contributed by atoms with Crippen LogP contribution >= 0.6 is 0 Å². The maximum atomic E-state index is 12.1. The molecule has 112 valence electrons. The van der Waals surface area contributed by atoms with Crippen LogP contribution in [0.3, 0.4) is 0 Å². The number of aromatic nitrogens is 2. The minimum atomic E-state index is -0.657. The van der Waals surface area contributed by atoms with E-state index in [1.165, 1.54) is 12.1 Å². The summed E-state index contributed by atoms with van der Waals surface area (Å²) in [6.07, 6.45) is 4.93. The maximum absolute atomic E-state index is 12.1. The van der Waals surface area contributed by atoms with Gasteiger partial charge in [0.05, 0.1) is 23.9 Å². The van der Waals surface area contributed by atoms with Crippen molar-refractivity contribution in [1.82, 2.24) is 14.6 Å². The van der Waals surface area contributed by atoms with E-state index in [1.54, 1.807) is 35.4 Å². The number of benzene rings is 1. The molecule has 0 saturated carbocycles. The number of hydrogen-bond acceptors (Lipinski definition) is 5. The third-order valence-electron chi connectivity index (χ3n) is 3.45. The van der Waals surface area contributed by atoms with Crippen LogP contribution < -0.4 is 0 Å². The van der Waals surface area contributed by atoms with Gasteiger partial charge in [0.15, 0.2) is 0 Å². The summed E-state index contributed by atoms with van der Waals surface area (Å²) < 4.78 is 1.74. The molecule has 1 aliphatic rings. The molecule has 2 amide bonds. The van der Waals surface area contributed by atoms with E-state index in [0.29, 0.717) is 5.06 Å². The van der Waals surface area contributed by atoms with E-state index in [4.69, 9.17) is 4.84 Å². The molecule has 7 heteroatoms. The van der Waals surface area contributed by atoms with Crippen molar-refractivity contribution in [3.63, 3.8) is 0 Å². The summed E-state index contributed by atoms with van der Waals surface area (Å²) in [7, 11) is 0. The van der Waals surface area contributed by atoms with Gasteiger partial charge in [-0.05, 0) is 19.1 Å². The van der Waals surface area contributed by atoms with Crippen molar-refractivity contribution in [3.05, 3.63) is 54.1 Å². The first kappa shape index (κ1) is 14.0. The van der Waals surface area contributed by atoms with Crippen molar-refractivity contribution in [2.24, 2.45) is 0 Å². The van der Waals surface area contributed by atoms with Gasteiger partial charge < -0.3 is 9.40 Å². The highest BCUT2D eigenvalue weighted by molar-refractivity contribution is 6.20. The average molecular weight is 299 g/mol. The van der Waals surface area contributed by atoms with Gasteiger partial charge in [-0.3, -0.25) is 9.59 Å². The first-order valence-corrected chi connectivity index (χ1v) is 6.74. The van der Waals surface area contributed by atoms with E-state index >= 15 is 0 Å². The van der Waals surface area contributed by atoms with Gasteiger partial charge in [0, 0.05) is 18.4 Å². The Labute approximate surface area is 126 Å². The van der Waals surface area contributed by atoms with Crippen LogP contribution in [0.15, 0.2) is 43.0 Å². The van der Waals surface area contributed by atoms with Gasteiger partial charge in [-0.15, -0.1) is 0 Å². The molecule has 0 N–H and O–H groups in total. The molecule has 2 aromatic rings. The first-order chi connectivity index (χ1) is 10.6. The lowest BCUT2D eigenvalue weighted by atomic mass is 10.1. The van der Waals surface area contributed by atoms with Gasteiger partial charge in [-0.1, -0.05) is 17.2 Å². The lowest BCUT2D eigenvalue weighted by Crippen LogP contribution is -2.33. The monoisotopic (exact) mass is 299 g/mol. The lowest BCUT2D eigenvalue weighted by Gasteiger charge is -2.15. The molecule has 0 bridgehead atoms. The molecular weight excluding hydrogens is 286 g/mol. The number of imidazole rings is 1. The number of rotatable bonds is 4. The Bertz CT molecular complexity index is 704. The van der Waals surface area contributed by atoms with Crippen LogP contribution in [0.1, 0.15) is 40.1 Å². The summed E-state index contributed by atoms with van der Waals surface area (Å²) in [6, 6.07) is 6.16. The molecule has 1 unspecified atom stereocenters. The topological polar surface area (TPSA) is 81.5 Å². The minimum absolute atomic E-state index is 0.0176. The molecule has 0 fully saturated rings. The van der Waals surface area contributed by atoms with Gasteiger partial charge in [0.25, 0.3) is 11.8 Å². The van der Waals surface area contributed by atoms with E-state index in [0.717, 1.165) is 0 Å². The number of carbonyl (C=O) groups excluding carboxylic acids is 3. The fraction of sp³-hybridized carbons (Fsp3) is 0.200. The van der Waals surface area contributed by atoms with E-state index in [2.05, 4.69) is 4.98 Å². The predicted molar refractivity (Wildman–Crippen MR) is 74.6 cm³/mol. The van der Waals surface area contributed by atoms with Crippen molar-refractivity contribution in [2.45, 2.75) is 19.4 Å². The van der Waals surface area contributed by atoms with Gasteiger partial charge in [0.1, 0.15) is 0 Å². The van der Waals surface area contributed by atoms with Crippen LogP contribution in [0.2, 0.25) is 0 Å². The van der Waals surface area contributed by atoms with Crippen LogP contribution in [-0.2, 0) is 9.63 Å². The number of nitrogens with zero attached hydrogens (tertiary/aromatic N) is 3. The molecule has 22 heavy (non-hydrogen) atoms. The van der Waals surface area contributed by atoms with Gasteiger partial charge in [-0.25, -0.2) is 9.78 Å². The van der Waals surface area contributed by atoms with Crippen molar-refractivity contribution in [1.29, 1.82) is 0 Å². The lowest BCUT2D eigenvalue weighted by molar-refractivity contribution is -0.169. The average Bonchev–Trinajstić information content (AvgIpc) is 3.12. The zero-order valence-corrected chi connectivity index (χ0v) is 11.8. The second-order valence-electron chi connectivity index (χ2n) is 4.98. The summed E-state index contributed by atoms with van der Waals surface area (Å²) in [5, 5.41) is 0.521. The molecule has 0 saturated heterocycles. The van der Waals surface area contributed by atoms with Crippen LogP contribution in [0, 0.1) is 0 Å². The molecule has 7 nitrogen and oxygen atoms in total. The van der Waals surface area contributed by atoms with Gasteiger partial charge in [-0.2, -0.15) is 0 Å². The molecule has 1 aromatic carbocycles. The number of hydrogen-bond donors (Lipinski definition) is 0. The van der Waals surface area contributed by atoms with E-state index in [9.17, 15) is 14.4 Å². The van der Waals surface area contributed by atoms with Crippen LogP contribution in [0.4, 0.5) is 0 Å². The molecule has 0 spiro atoms. The third-order valence-corrected chi connectivity index (χ3v) is 3.45. The minimum Gasteiger partial charge on any atom is -0.334 e. The molecule has 1 atom stereocenters. The number of amides is 2. The third kappa shape index (κ3) is 2.37. The van der Waals surface area contributed by atoms with Crippen LogP contribution in [0.5, 0.6) is 0 Å². The SMILES string of the molecule is CC(CC(=O)ON1C(=O)c2ccccc2C1=O)n1ccnc1. The molecule has 2 heterocycles. The quantitative estimate of drug-likeness (QED) is 0.801. The second-order valence-corrected chi connectivity index (χ2v) is 4.98. The summed E-state index contributed by atoms with van der Waals surface area (Å²) in [5.41, 5.74) is 0.478. The van der Waals surface area contributed by atoms with Crippen molar-refractivity contribution < 1.29 is 19.2 Å².